The fourth-order valence-corrected chi connectivity index (χ4v) is 1.43. The Morgan fingerprint density at radius 1 is 1.41 bits per heavy atom. The monoisotopic (exact) mass is 239 g/mol. The SMILES string of the molecule is CC(C)(CO)NC(=O)CCc1ccccc1F. The van der Waals surface area contributed by atoms with E-state index in [2.05, 4.69) is 5.32 Å². The molecule has 2 N–H and O–H groups in total. The molecule has 0 atom stereocenters. The van der Waals surface area contributed by atoms with E-state index in [1.807, 2.05) is 0 Å². The van der Waals surface area contributed by atoms with Crippen molar-refractivity contribution >= 4 is 5.91 Å². The lowest BCUT2D eigenvalue weighted by molar-refractivity contribution is -0.123. The van der Waals surface area contributed by atoms with Gasteiger partial charge in [-0.25, -0.2) is 4.39 Å². The highest BCUT2D eigenvalue weighted by Gasteiger charge is 2.18. The highest BCUT2D eigenvalue weighted by atomic mass is 19.1. The first-order chi connectivity index (χ1) is 7.94. The standard InChI is InChI=1S/C13H18FNO2/c1-13(2,9-16)15-12(17)8-7-10-5-3-4-6-11(10)14/h3-6,16H,7-9H2,1-2H3,(H,15,17). The number of benzene rings is 1. The van der Waals surface area contributed by atoms with Crippen molar-refractivity contribution < 1.29 is 14.3 Å². The molecule has 0 heterocycles. The van der Waals surface area contributed by atoms with Gasteiger partial charge in [0.1, 0.15) is 5.82 Å². The summed E-state index contributed by atoms with van der Waals surface area (Å²) in [6.07, 6.45) is 0.574. The molecular weight excluding hydrogens is 221 g/mol. The molecule has 0 saturated heterocycles. The van der Waals surface area contributed by atoms with Gasteiger partial charge in [-0.1, -0.05) is 18.2 Å². The molecule has 0 bridgehead atoms. The quantitative estimate of drug-likeness (QED) is 0.820. The maximum atomic E-state index is 13.3. The summed E-state index contributed by atoms with van der Waals surface area (Å²) in [5.74, 6) is -0.478. The molecule has 0 aliphatic rings. The van der Waals surface area contributed by atoms with Crippen LogP contribution in [-0.4, -0.2) is 23.2 Å². The molecular formula is C13H18FNO2. The molecule has 1 aromatic rings. The van der Waals surface area contributed by atoms with Crippen LogP contribution >= 0.6 is 0 Å². The molecule has 0 radical (unpaired) electrons. The van der Waals surface area contributed by atoms with Gasteiger partial charge in [0.25, 0.3) is 0 Å². The fourth-order valence-electron chi connectivity index (χ4n) is 1.43. The van der Waals surface area contributed by atoms with Gasteiger partial charge in [0.05, 0.1) is 12.1 Å². The highest BCUT2D eigenvalue weighted by molar-refractivity contribution is 5.77. The third kappa shape index (κ3) is 4.53. The van der Waals surface area contributed by atoms with Crippen LogP contribution in [-0.2, 0) is 11.2 Å². The Bertz CT molecular complexity index is 391. The van der Waals surface area contributed by atoms with Crippen molar-refractivity contribution in [2.45, 2.75) is 32.2 Å². The lowest BCUT2D eigenvalue weighted by Gasteiger charge is -2.23. The Morgan fingerprint density at radius 3 is 2.65 bits per heavy atom. The number of aliphatic hydroxyl groups is 1. The molecule has 0 spiro atoms. The van der Waals surface area contributed by atoms with E-state index in [9.17, 15) is 9.18 Å². The average molecular weight is 239 g/mol. The molecule has 0 aliphatic heterocycles. The van der Waals surface area contributed by atoms with Gasteiger partial charge in [-0.15, -0.1) is 0 Å². The largest absolute Gasteiger partial charge is 0.394 e. The summed E-state index contributed by atoms with van der Waals surface area (Å²) in [4.78, 5) is 11.6. The molecule has 0 unspecified atom stereocenters. The number of nitrogens with one attached hydrogen (secondary N) is 1. The van der Waals surface area contributed by atoms with Crippen LogP contribution in [0.5, 0.6) is 0 Å². The molecule has 0 aliphatic carbocycles. The number of amides is 1. The number of hydrogen-bond donors (Lipinski definition) is 2. The van der Waals surface area contributed by atoms with E-state index in [0.717, 1.165) is 0 Å². The molecule has 4 heteroatoms. The van der Waals surface area contributed by atoms with E-state index < -0.39 is 5.54 Å². The van der Waals surface area contributed by atoms with Crippen molar-refractivity contribution in [2.75, 3.05) is 6.61 Å². The summed E-state index contributed by atoms with van der Waals surface area (Å²) in [5.41, 5.74) is -0.101. The normalized spacial score (nSPS) is 11.3. The van der Waals surface area contributed by atoms with Crippen LogP contribution < -0.4 is 5.32 Å². The van der Waals surface area contributed by atoms with Crippen LogP contribution in [0.4, 0.5) is 4.39 Å². The number of carbonyl (C=O) groups is 1. The second-order valence-corrected chi connectivity index (χ2v) is 4.68. The molecule has 0 saturated carbocycles. The van der Waals surface area contributed by atoms with Crippen LogP contribution in [0, 0.1) is 5.82 Å². The zero-order valence-electron chi connectivity index (χ0n) is 10.2. The Labute approximate surface area is 101 Å². The zero-order chi connectivity index (χ0) is 12.9. The molecule has 1 amide bonds. The predicted octanol–water partition coefficient (Wildman–Crippen LogP) is 1.65. The lowest BCUT2D eigenvalue weighted by atomic mass is 10.1. The van der Waals surface area contributed by atoms with E-state index in [1.54, 1.807) is 32.0 Å². The second kappa shape index (κ2) is 5.77. The first-order valence-corrected chi connectivity index (χ1v) is 5.60. The van der Waals surface area contributed by atoms with E-state index in [0.29, 0.717) is 12.0 Å². The number of carbonyl (C=O) groups excluding carboxylic acids is 1. The Balaban J connectivity index is 2.47. The molecule has 17 heavy (non-hydrogen) atoms. The summed E-state index contributed by atoms with van der Waals surface area (Å²) < 4.78 is 13.3. The summed E-state index contributed by atoms with van der Waals surface area (Å²) in [6.45, 7) is 3.33. The van der Waals surface area contributed by atoms with Gasteiger partial charge in [0.2, 0.25) is 5.91 Å². The van der Waals surface area contributed by atoms with Gasteiger partial charge in [0, 0.05) is 6.42 Å². The number of aryl methyl sites for hydroxylation is 1. The van der Waals surface area contributed by atoms with Gasteiger partial charge in [-0.3, -0.25) is 4.79 Å². The molecule has 94 valence electrons. The van der Waals surface area contributed by atoms with Gasteiger partial charge in [-0.05, 0) is 31.9 Å². The predicted molar refractivity (Wildman–Crippen MR) is 64.0 cm³/mol. The second-order valence-electron chi connectivity index (χ2n) is 4.68. The van der Waals surface area contributed by atoms with Crippen molar-refractivity contribution in [1.82, 2.24) is 5.32 Å². The summed E-state index contributed by atoms with van der Waals surface area (Å²) in [6, 6.07) is 6.41. The summed E-state index contributed by atoms with van der Waals surface area (Å²) in [5, 5.41) is 11.7. The minimum absolute atomic E-state index is 0.127. The number of aliphatic hydroxyl groups excluding tert-OH is 1. The van der Waals surface area contributed by atoms with Crippen molar-refractivity contribution in [2.24, 2.45) is 0 Å². The van der Waals surface area contributed by atoms with Crippen molar-refractivity contribution in [3.05, 3.63) is 35.6 Å². The van der Waals surface area contributed by atoms with Gasteiger partial charge in [-0.2, -0.15) is 0 Å². The van der Waals surface area contributed by atoms with E-state index in [1.165, 1.54) is 6.07 Å². The average Bonchev–Trinajstić information content (AvgIpc) is 2.27. The first kappa shape index (κ1) is 13.6. The Kier molecular flexibility index (Phi) is 4.63. The third-order valence-electron chi connectivity index (χ3n) is 2.45. The molecule has 3 nitrogen and oxygen atoms in total. The van der Waals surface area contributed by atoms with E-state index >= 15 is 0 Å². The van der Waals surface area contributed by atoms with E-state index in [-0.39, 0.29) is 24.8 Å². The maximum Gasteiger partial charge on any atom is 0.220 e. The topological polar surface area (TPSA) is 49.3 Å². The molecule has 0 fully saturated rings. The fraction of sp³-hybridized carbons (Fsp3) is 0.462. The van der Waals surface area contributed by atoms with Crippen LogP contribution in [0.15, 0.2) is 24.3 Å². The van der Waals surface area contributed by atoms with Crippen molar-refractivity contribution in [3.63, 3.8) is 0 Å². The van der Waals surface area contributed by atoms with Crippen LogP contribution in [0.25, 0.3) is 0 Å². The Morgan fingerprint density at radius 2 is 2.06 bits per heavy atom. The molecule has 1 rings (SSSR count). The number of hydrogen-bond acceptors (Lipinski definition) is 2. The Hall–Kier alpha value is -1.42. The zero-order valence-corrected chi connectivity index (χ0v) is 10.2. The van der Waals surface area contributed by atoms with Crippen LogP contribution in [0.1, 0.15) is 25.8 Å². The van der Waals surface area contributed by atoms with Gasteiger partial charge >= 0.3 is 0 Å². The molecule has 0 aromatic heterocycles. The minimum Gasteiger partial charge on any atom is -0.394 e. The molecule has 1 aromatic carbocycles. The van der Waals surface area contributed by atoms with Crippen LogP contribution in [0.2, 0.25) is 0 Å². The van der Waals surface area contributed by atoms with E-state index in [4.69, 9.17) is 5.11 Å². The third-order valence-corrected chi connectivity index (χ3v) is 2.45. The minimum atomic E-state index is -0.633. The van der Waals surface area contributed by atoms with Crippen molar-refractivity contribution in [3.8, 4) is 0 Å². The first-order valence-electron chi connectivity index (χ1n) is 5.60. The number of rotatable bonds is 5. The van der Waals surface area contributed by atoms with Crippen molar-refractivity contribution in [1.29, 1.82) is 0 Å². The summed E-state index contributed by atoms with van der Waals surface area (Å²) in [7, 11) is 0. The van der Waals surface area contributed by atoms with Gasteiger partial charge < -0.3 is 10.4 Å². The highest BCUT2D eigenvalue weighted by Crippen LogP contribution is 2.09. The smallest absolute Gasteiger partial charge is 0.220 e. The number of halogens is 1. The van der Waals surface area contributed by atoms with Crippen LogP contribution in [0.3, 0.4) is 0 Å². The lowest BCUT2D eigenvalue weighted by Crippen LogP contribution is -2.46. The maximum absolute atomic E-state index is 13.3. The summed E-state index contributed by atoms with van der Waals surface area (Å²) >= 11 is 0. The van der Waals surface area contributed by atoms with Gasteiger partial charge in [0.15, 0.2) is 0 Å².